The normalized spacial score (nSPS) is 16.0. The van der Waals surface area contributed by atoms with Gasteiger partial charge in [-0.2, -0.15) is 0 Å². The molecule has 0 unspecified atom stereocenters. The maximum absolute atomic E-state index is 12.3. The van der Waals surface area contributed by atoms with Crippen molar-refractivity contribution in [2.75, 3.05) is 26.2 Å². The predicted octanol–water partition coefficient (Wildman–Crippen LogP) is 2.50. The smallest absolute Gasteiger partial charge is 0.270 e. The first-order chi connectivity index (χ1) is 10.1. The summed E-state index contributed by atoms with van der Waals surface area (Å²) < 4.78 is 0.873. The van der Waals surface area contributed by atoms with Gasteiger partial charge in [-0.15, -0.1) is 0 Å². The van der Waals surface area contributed by atoms with Gasteiger partial charge in [0, 0.05) is 42.8 Å². The second kappa shape index (κ2) is 7.11. The number of likely N-dealkylation sites (tertiary alicyclic amines) is 1. The lowest BCUT2D eigenvalue weighted by molar-refractivity contribution is -0.136. The molecule has 1 aliphatic heterocycles. The Kier molecular flexibility index (Phi) is 5.45. The highest BCUT2D eigenvalue weighted by Crippen LogP contribution is 2.21. The molecular formula is C15H22BrN3O2. The van der Waals surface area contributed by atoms with Crippen LogP contribution in [-0.2, 0) is 4.79 Å². The molecule has 116 valence electrons. The Bertz CT molecular complexity index is 503. The van der Waals surface area contributed by atoms with E-state index in [-0.39, 0.29) is 17.7 Å². The number of carbonyl (C=O) groups is 2. The summed E-state index contributed by atoms with van der Waals surface area (Å²) in [5, 5.41) is 0. The van der Waals surface area contributed by atoms with Gasteiger partial charge >= 0.3 is 0 Å². The van der Waals surface area contributed by atoms with Crippen molar-refractivity contribution in [1.82, 2.24) is 14.8 Å². The van der Waals surface area contributed by atoms with Crippen LogP contribution < -0.4 is 0 Å². The van der Waals surface area contributed by atoms with Gasteiger partial charge in [-0.25, -0.2) is 0 Å². The highest BCUT2D eigenvalue weighted by molar-refractivity contribution is 9.10. The number of amides is 2. The molecule has 2 amide bonds. The van der Waals surface area contributed by atoms with Crippen molar-refractivity contribution in [2.45, 2.75) is 26.7 Å². The minimum absolute atomic E-state index is 0.00874. The fourth-order valence-corrected chi connectivity index (χ4v) is 3.13. The van der Waals surface area contributed by atoms with Gasteiger partial charge in [-0.3, -0.25) is 9.59 Å². The van der Waals surface area contributed by atoms with Crippen molar-refractivity contribution in [3.05, 3.63) is 22.4 Å². The number of piperidine rings is 1. The van der Waals surface area contributed by atoms with Crippen LogP contribution in [0.4, 0.5) is 0 Å². The molecule has 1 aliphatic rings. The third-order valence-corrected chi connectivity index (χ3v) is 4.54. The third kappa shape index (κ3) is 3.67. The van der Waals surface area contributed by atoms with E-state index in [2.05, 4.69) is 20.9 Å². The maximum Gasteiger partial charge on any atom is 0.270 e. The summed E-state index contributed by atoms with van der Waals surface area (Å²) in [6.07, 6.45) is 3.26. The maximum atomic E-state index is 12.3. The molecule has 2 heterocycles. The number of nitrogens with one attached hydrogen (secondary N) is 1. The van der Waals surface area contributed by atoms with Gasteiger partial charge in [0.2, 0.25) is 5.91 Å². The molecule has 2 rings (SSSR count). The number of nitrogens with zero attached hydrogens (tertiary/aromatic N) is 2. The average Bonchev–Trinajstić information content (AvgIpc) is 2.94. The molecule has 1 aromatic heterocycles. The zero-order valence-electron chi connectivity index (χ0n) is 12.6. The van der Waals surface area contributed by atoms with E-state index in [1.165, 1.54) is 0 Å². The Morgan fingerprint density at radius 3 is 2.43 bits per heavy atom. The number of aromatic nitrogens is 1. The Hall–Kier alpha value is -1.30. The fraction of sp³-hybridized carbons (Fsp3) is 0.600. The van der Waals surface area contributed by atoms with Gasteiger partial charge in [0.15, 0.2) is 0 Å². The van der Waals surface area contributed by atoms with Gasteiger partial charge in [0.05, 0.1) is 0 Å². The average molecular weight is 356 g/mol. The van der Waals surface area contributed by atoms with Gasteiger partial charge in [-0.05, 0) is 48.7 Å². The number of carbonyl (C=O) groups excluding carboxylic acids is 2. The number of hydrogen-bond donors (Lipinski definition) is 1. The number of halogens is 1. The van der Waals surface area contributed by atoms with Crippen molar-refractivity contribution in [2.24, 2.45) is 5.92 Å². The minimum atomic E-state index is 0.00874. The van der Waals surface area contributed by atoms with Crippen LogP contribution >= 0.6 is 15.9 Å². The summed E-state index contributed by atoms with van der Waals surface area (Å²) >= 11 is 3.33. The number of hydrogen-bond acceptors (Lipinski definition) is 2. The van der Waals surface area contributed by atoms with Crippen LogP contribution in [0.25, 0.3) is 0 Å². The topological polar surface area (TPSA) is 56.4 Å². The molecule has 0 saturated carbocycles. The van der Waals surface area contributed by atoms with Crippen LogP contribution in [0.2, 0.25) is 0 Å². The van der Waals surface area contributed by atoms with Crippen molar-refractivity contribution >= 4 is 27.7 Å². The fourth-order valence-electron chi connectivity index (χ4n) is 2.78. The van der Waals surface area contributed by atoms with E-state index in [9.17, 15) is 9.59 Å². The minimum Gasteiger partial charge on any atom is -0.356 e. The molecule has 1 N–H and O–H groups in total. The molecule has 0 atom stereocenters. The molecular weight excluding hydrogens is 334 g/mol. The molecule has 0 bridgehead atoms. The van der Waals surface area contributed by atoms with Crippen molar-refractivity contribution in [3.63, 3.8) is 0 Å². The van der Waals surface area contributed by atoms with E-state index in [4.69, 9.17) is 0 Å². The van der Waals surface area contributed by atoms with Crippen molar-refractivity contribution < 1.29 is 9.59 Å². The van der Waals surface area contributed by atoms with E-state index in [0.717, 1.165) is 30.4 Å². The van der Waals surface area contributed by atoms with E-state index in [1.54, 1.807) is 12.3 Å². The first-order valence-electron chi connectivity index (χ1n) is 7.48. The lowest BCUT2D eigenvalue weighted by atomic mass is 9.95. The molecule has 6 heteroatoms. The van der Waals surface area contributed by atoms with Gasteiger partial charge in [-0.1, -0.05) is 0 Å². The Morgan fingerprint density at radius 2 is 1.95 bits per heavy atom. The van der Waals surface area contributed by atoms with Crippen LogP contribution in [0.5, 0.6) is 0 Å². The number of H-pyrrole nitrogens is 1. The summed E-state index contributed by atoms with van der Waals surface area (Å²) in [4.78, 5) is 31.3. The van der Waals surface area contributed by atoms with E-state index < -0.39 is 0 Å². The van der Waals surface area contributed by atoms with Crippen LogP contribution in [0, 0.1) is 5.92 Å². The molecule has 5 nitrogen and oxygen atoms in total. The largest absolute Gasteiger partial charge is 0.356 e. The van der Waals surface area contributed by atoms with Crippen LogP contribution in [0.15, 0.2) is 16.7 Å². The third-order valence-electron chi connectivity index (χ3n) is 4.08. The Labute approximate surface area is 133 Å². The molecule has 0 spiro atoms. The summed E-state index contributed by atoms with van der Waals surface area (Å²) in [7, 11) is 0. The molecule has 0 aromatic carbocycles. The van der Waals surface area contributed by atoms with Crippen molar-refractivity contribution in [1.29, 1.82) is 0 Å². The zero-order chi connectivity index (χ0) is 15.4. The SMILES string of the molecule is CCN(CC)C(=O)C1CCN(C(=O)c2cc(Br)c[nH]2)CC1. The number of rotatable bonds is 4. The van der Waals surface area contributed by atoms with Gasteiger partial charge in [0.25, 0.3) is 5.91 Å². The second-order valence-corrected chi connectivity index (χ2v) is 6.22. The highest BCUT2D eigenvalue weighted by atomic mass is 79.9. The van der Waals surface area contributed by atoms with E-state index in [1.807, 2.05) is 23.6 Å². The lowest BCUT2D eigenvalue weighted by Crippen LogP contribution is -2.44. The Balaban J connectivity index is 1.91. The monoisotopic (exact) mass is 355 g/mol. The molecule has 1 fully saturated rings. The number of aromatic amines is 1. The van der Waals surface area contributed by atoms with Crippen LogP contribution in [0.1, 0.15) is 37.2 Å². The van der Waals surface area contributed by atoms with Crippen molar-refractivity contribution in [3.8, 4) is 0 Å². The summed E-state index contributed by atoms with van der Waals surface area (Å²) in [5.74, 6) is 0.300. The quantitative estimate of drug-likeness (QED) is 0.901. The summed E-state index contributed by atoms with van der Waals surface area (Å²) in [5.41, 5.74) is 0.593. The van der Waals surface area contributed by atoms with Crippen LogP contribution in [-0.4, -0.2) is 52.8 Å². The Morgan fingerprint density at radius 1 is 1.33 bits per heavy atom. The highest BCUT2D eigenvalue weighted by Gasteiger charge is 2.30. The van der Waals surface area contributed by atoms with E-state index >= 15 is 0 Å². The lowest BCUT2D eigenvalue weighted by Gasteiger charge is -2.33. The standard InChI is InChI=1S/C15H22BrN3O2/c1-3-18(4-2)14(20)11-5-7-19(8-6-11)15(21)13-9-12(16)10-17-13/h9-11,17H,3-8H2,1-2H3. The molecule has 0 aliphatic carbocycles. The molecule has 0 radical (unpaired) electrons. The van der Waals surface area contributed by atoms with Crippen LogP contribution in [0.3, 0.4) is 0 Å². The molecule has 21 heavy (non-hydrogen) atoms. The molecule has 1 aromatic rings. The first kappa shape index (κ1) is 16.1. The predicted molar refractivity (Wildman–Crippen MR) is 85.0 cm³/mol. The summed E-state index contributed by atoms with van der Waals surface area (Å²) in [6.45, 7) is 6.81. The van der Waals surface area contributed by atoms with Gasteiger partial charge < -0.3 is 14.8 Å². The zero-order valence-corrected chi connectivity index (χ0v) is 14.1. The first-order valence-corrected chi connectivity index (χ1v) is 8.28. The second-order valence-electron chi connectivity index (χ2n) is 5.31. The molecule has 1 saturated heterocycles. The van der Waals surface area contributed by atoms with Gasteiger partial charge in [0.1, 0.15) is 5.69 Å². The summed E-state index contributed by atoms with van der Waals surface area (Å²) in [6, 6.07) is 1.79. The van der Waals surface area contributed by atoms with E-state index in [0.29, 0.717) is 18.8 Å².